The summed E-state index contributed by atoms with van der Waals surface area (Å²) in [7, 11) is 3.33. The van der Waals surface area contributed by atoms with Crippen molar-refractivity contribution in [2.24, 2.45) is 28.1 Å². The molecule has 0 aromatic heterocycles. The Hall–Kier alpha value is -0.690. The van der Waals surface area contributed by atoms with Crippen LogP contribution in [0.1, 0.15) is 133 Å². The van der Waals surface area contributed by atoms with E-state index in [4.69, 9.17) is 24.0 Å². The maximum atomic E-state index is 14.3. The zero-order chi connectivity index (χ0) is 28.6. The van der Waals surface area contributed by atoms with Gasteiger partial charge in [-0.2, -0.15) is 0 Å². The zero-order valence-corrected chi connectivity index (χ0v) is 26.5. The summed E-state index contributed by atoms with van der Waals surface area (Å²) in [6.45, 7) is 19.5. The van der Waals surface area contributed by atoms with Gasteiger partial charge in [-0.15, -0.1) is 0 Å². The minimum absolute atomic E-state index is 0.0165. The Morgan fingerprint density at radius 1 is 0.895 bits per heavy atom. The van der Waals surface area contributed by atoms with Gasteiger partial charge in [0.25, 0.3) is 0 Å². The molecule has 2 bridgehead atoms. The Labute approximate surface area is 233 Å². The van der Waals surface area contributed by atoms with Crippen molar-refractivity contribution in [2.75, 3.05) is 14.2 Å². The van der Waals surface area contributed by atoms with Crippen LogP contribution in [0.2, 0.25) is 0 Å². The van der Waals surface area contributed by atoms with Gasteiger partial charge in [0.15, 0.2) is 6.29 Å². The molecule has 0 radical (unpaired) electrons. The molecule has 0 aromatic rings. The number of hydrogen-bond donors (Lipinski definition) is 0. The van der Waals surface area contributed by atoms with E-state index in [1.807, 2.05) is 0 Å². The van der Waals surface area contributed by atoms with Crippen molar-refractivity contribution in [3.63, 3.8) is 0 Å². The molecule has 6 nitrogen and oxygen atoms in total. The molecule has 0 spiro atoms. The molecule has 0 aliphatic heterocycles. The van der Waals surface area contributed by atoms with E-state index in [0.717, 1.165) is 32.1 Å². The van der Waals surface area contributed by atoms with E-state index in [1.54, 1.807) is 14.2 Å². The van der Waals surface area contributed by atoms with E-state index in [2.05, 4.69) is 62.3 Å². The molecule has 0 N–H and O–H groups in total. The molecular weight excluding hydrogens is 480 g/mol. The highest BCUT2D eigenvalue weighted by atomic mass is 17.2. The fraction of sp³-hybridized carbons (Fsp3) is 0.969. The van der Waals surface area contributed by atoms with Gasteiger partial charge in [0, 0.05) is 32.3 Å². The third-order valence-corrected chi connectivity index (χ3v) is 9.69. The zero-order valence-electron chi connectivity index (χ0n) is 26.5. The molecule has 38 heavy (non-hydrogen) atoms. The van der Waals surface area contributed by atoms with Crippen LogP contribution in [-0.4, -0.2) is 43.3 Å². The molecule has 0 amide bonds. The highest BCUT2D eigenvalue weighted by Crippen LogP contribution is 2.58. The molecule has 0 heterocycles. The Bertz CT molecular complexity index is 808. The van der Waals surface area contributed by atoms with E-state index >= 15 is 0 Å². The fourth-order valence-corrected chi connectivity index (χ4v) is 8.28. The summed E-state index contributed by atoms with van der Waals surface area (Å²) in [6, 6.07) is 0. The Morgan fingerprint density at radius 3 is 2.00 bits per heavy atom. The summed E-state index contributed by atoms with van der Waals surface area (Å²) in [5, 5.41) is 0. The highest BCUT2D eigenvalue weighted by molar-refractivity contribution is 5.78. The monoisotopic (exact) mass is 538 g/mol. The molecule has 3 fully saturated rings. The number of ether oxygens (including phenoxy) is 3. The molecule has 6 atom stereocenters. The van der Waals surface area contributed by atoms with Crippen molar-refractivity contribution in [1.82, 2.24) is 0 Å². The average molecular weight is 539 g/mol. The van der Waals surface area contributed by atoms with Gasteiger partial charge in [-0.05, 0) is 62.7 Å². The normalized spacial score (nSPS) is 35.4. The molecule has 3 rings (SSSR count). The first-order valence-electron chi connectivity index (χ1n) is 15.1. The number of methoxy groups -OCH3 is 1. The SMILES string of the molecule is COOC1(C)CC2(OC(=O)C(C)(CC(C)(C)C)C(C)(C)C)CC(C)CC(OC(OC)C3CCCCC3)(C1)C2. The standard InChI is InChI=1S/C32H58O6/c1-23-17-31(36-25(34-10)24-15-13-12-14-16-24)20-29(8,38-35-11)21-32(18-23,22-31)37-26(33)30(9,28(5,6)7)19-27(2,3)4/h23-25H,12-22H2,1-11H3. The van der Waals surface area contributed by atoms with Crippen LogP contribution in [0, 0.1) is 28.1 Å². The summed E-state index contributed by atoms with van der Waals surface area (Å²) in [5.41, 5.74) is -2.75. The van der Waals surface area contributed by atoms with Crippen LogP contribution in [0.5, 0.6) is 0 Å². The van der Waals surface area contributed by atoms with Crippen molar-refractivity contribution in [3.8, 4) is 0 Å². The molecule has 6 heteroatoms. The van der Waals surface area contributed by atoms with E-state index in [1.165, 1.54) is 19.3 Å². The van der Waals surface area contributed by atoms with Gasteiger partial charge >= 0.3 is 5.97 Å². The summed E-state index contributed by atoms with van der Waals surface area (Å²) < 4.78 is 19.8. The molecule has 6 unspecified atom stereocenters. The lowest BCUT2D eigenvalue weighted by Crippen LogP contribution is -2.64. The van der Waals surface area contributed by atoms with Crippen LogP contribution in [0.3, 0.4) is 0 Å². The second-order valence-corrected chi connectivity index (χ2v) is 15.9. The Kier molecular flexibility index (Phi) is 9.46. The maximum Gasteiger partial charge on any atom is 0.312 e. The predicted molar refractivity (Wildman–Crippen MR) is 150 cm³/mol. The number of carbonyl (C=O) groups excluding carboxylic acids is 1. The minimum Gasteiger partial charge on any atom is -0.458 e. The summed E-state index contributed by atoms with van der Waals surface area (Å²) in [4.78, 5) is 25.5. The largest absolute Gasteiger partial charge is 0.458 e. The molecule has 3 saturated carbocycles. The summed E-state index contributed by atoms with van der Waals surface area (Å²) in [5.74, 6) is 0.626. The third kappa shape index (κ3) is 7.14. The number of rotatable bonds is 9. The average Bonchev–Trinajstić information content (AvgIpc) is 2.74. The van der Waals surface area contributed by atoms with Crippen molar-refractivity contribution >= 4 is 5.97 Å². The number of carbonyl (C=O) groups is 1. The lowest BCUT2D eigenvalue weighted by molar-refractivity contribution is -0.382. The van der Waals surface area contributed by atoms with Gasteiger partial charge in [0.05, 0.1) is 18.1 Å². The van der Waals surface area contributed by atoms with E-state index in [0.29, 0.717) is 31.1 Å². The van der Waals surface area contributed by atoms with Crippen molar-refractivity contribution < 1.29 is 28.8 Å². The van der Waals surface area contributed by atoms with Crippen LogP contribution in [0.25, 0.3) is 0 Å². The van der Waals surface area contributed by atoms with Gasteiger partial charge in [0.1, 0.15) is 11.2 Å². The molecular formula is C32H58O6. The van der Waals surface area contributed by atoms with Gasteiger partial charge in [-0.25, -0.2) is 9.78 Å². The third-order valence-electron chi connectivity index (χ3n) is 9.69. The second-order valence-electron chi connectivity index (χ2n) is 15.9. The first kappa shape index (κ1) is 31.8. The predicted octanol–water partition coefficient (Wildman–Crippen LogP) is 8.02. The topological polar surface area (TPSA) is 63.2 Å². The van der Waals surface area contributed by atoms with Gasteiger partial charge < -0.3 is 14.2 Å². The fourth-order valence-electron chi connectivity index (χ4n) is 8.28. The molecule has 3 aliphatic rings. The summed E-state index contributed by atoms with van der Waals surface area (Å²) in [6.07, 6.45) is 10.1. The van der Waals surface area contributed by atoms with Gasteiger partial charge in [-0.3, -0.25) is 4.79 Å². The molecule has 222 valence electrons. The lowest BCUT2D eigenvalue weighted by atomic mass is 9.58. The van der Waals surface area contributed by atoms with E-state index in [-0.39, 0.29) is 23.1 Å². The first-order valence-corrected chi connectivity index (χ1v) is 15.1. The Balaban J connectivity index is 1.98. The van der Waals surface area contributed by atoms with Crippen LogP contribution in [0.15, 0.2) is 0 Å². The van der Waals surface area contributed by atoms with Crippen molar-refractivity contribution in [3.05, 3.63) is 0 Å². The van der Waals surface area contributed by atoms with E-state index < -0.39 is 22.2 Å². The maximum absolute atomic E-state index is 14.3. The minimum atomic E-state index is -0.685. The summed E-state index contributed by atoms with van der Waals surface area (Å²) >= 11 is 0. The molecule has 0 saturated heterocycles. The quantitative estimate of drug-likeness (QED) is 0.128. The van der Waals surface area contributed by atoms with Crippen LogP contribution < -0.4 is 0 Å². The van der Waals surface area contributed by atoms with Crippen LogP contribution in [-0.2, 0) is 28.8 Å². The number of fused-ring (bicyclic) bond motifs is 2. The number of esters is 1. The van der Waals surface area contributed by atoms with Crippen molar-refractivity contribution in [2.45, 2.75) is 156 Å². The van der Waals surface area contributed by atoms with Crippen LogP contribution in [0.4, 0.5) is 0 Å². The number of hydrogen-bond acceptors (Lipinski definition) is 6. The van der Waals surface area contributed by atoms with Crippen molar-refractivity contribution in [1.29, 1.82) is 0 Å². The smallest absolute Gasteiger partial charge is 0.312 e. The first-order chi connectivity index (χ1) is 17.4. The lowest BCUT2D eigenvalue weighted by Gasteiger charge is -2.59. The van der Waals surface area contributed by atoms with Gasteiger partial charge in [-0.1, -0.05) is 67.7 Å². The highest BCUT2D eigenvalue weighted by Gasteiger charge is 2.62. The second kappa shape index (κ2) is 11.3. The van der Waals surface area contributed by atoms with Gasteiger partial charge in [0.2, 0.25) is 0 Å². The molecule has 3 aliphatic carbocycles. The van der Waals surface area contributed by atoms with E-state index in [9.17, 15) is 4.79 Å². The molecule has 0 aromatic carbocycles. The van der Waals surface area contributed by atoms with Crippen LogP contribution >= 0.6 is 0 Å². The Morgan fingerprint density at radius 2 is 1.47 bits per heavy atom.